The van der Waals surface area contributed by atoms with Crippen molar-refractivity contribution in [2.45, 2.75) is 167 Å². The summed E-state index contributed by atoms with van der Waals surface area (Å²) in [7, 11) is 1.65. The van der Waals surface area contributed by atoms with Gasteiger partial charge in [-0.1, -0.05) is 166 Å². The lowest BCUT2D eigenvalue weighted by Crippen LogP contribution is -2.37. The standard InChI is InChI=1S/C44H78NO8P/c1-6-8-9-10-11-12-13-14-15-16-17-18-19-22-25-28-36-50-42(39-53-54(48,49)52-37-35-45(3,4)5)38-51-44(47)30-27-24-21-20-23-26-29-43(46)41-33-31-40(7-2)32-34-41/h7,31-34,42H,2,6,8-30,35-39H2,1,3-5H3/p+1. The monoisotopic (exact) mass is 781 g/mol. The van der Waals surface area contributed by atoms with Gasteiger partial charge < -0.3 is 18.9 Å². The molecule has 312 valence electrons. The Labute approximate surface area is 330 Å². The number of esters is 1. The Hall–Kier alpha value is -1.87. The molecule has 1 aromatic carbocycles. The molecule has 0 aliphatic carbocycles. The van der Waals surface area contributed by atoms with Gasteiger partial charge in [0.2, 0.25) is 0 Å². The van der Waals surface area contributed by atoms with E-state index in [-0.39, 0.29) is 31.6 Å². The molecule has 0 saturated heterocycles. The Balaban J connectivity index is 2.26. The van der Waals surface area contributed by atoms with Gasteiger partial charge in [-0.25, -0.2) is 4.57 Å². The molecule has 54 heavy (non-hydrogen) atoms. The maximum atomic E-state index is 12.5. The van der Waals surface area contributed by atoms with Crippen LogP contribution in [0, 0.1) is 0 Å². The summed E-state index contributed by atoms with van der Waals surface area (Å²) in [6.45, 7) is 6.87. The van der Waals surface area contributed by atoms with Gasteiger partial charge in [-0.3, -0.25) is 18.6 Å². The second-order valence-corrected chi connectivity index (χ2v) is 17.4. The molecule has 1 rings (SSSR count). The van der Waals surface area contributed by atoms with Crippen molar-refractivity contribution in [2.24, 2.45) is 0 Å². The average Bonchev–Trinajstić information content (AvgIpc) is 3.14. The Morgan fingerprint density at radius 2 is 1.17 bits per heavy atom. The third-order valence-electron chi connectivity index (χ3n) is 9.72. The fourth-order valence-electron chi connectivity index (χ4n) is 6.16. The summed E-state index contributed by atoms with van der Waals surface area (Å²) in [6.07, 6.45) is 28.1. The minimum atomic E-state index is -4.27. The number of phosphoric ester groups is 1. The number of likely N-dealkylation sites (N-methyl/N-ethyl adjacent to an activating group) is 1. The van der Waals surface area contributed by atoms with E-state index in [0.29, 0.717) is 30.5 Å². The number of phosphoric acid groups is 1. The highest BCUT2D eigenvalue weighted by atomic mass is 31.2. The SMILES string of the molecule is C=Cc1ccc(C(=O)CCCCCCCCC(=O)OCC(COP(=O)(O)OCC[N+](C)(C)C)OCCCCCCCCCCCCCCCCCC)cc1. The molecule has 0 fully saturated rings. The van der Waals surface area contributed by atoms with Crippen LogP contribution in [0.3, 0.4) is 0 Å². The minimum absolute atomic E-state index is 0.0408. The molecule has 0 radical (unpaired) electrons. The van der Waals surface area contributed by atoms with Crippen LogP contribution in [0.1, 0.15) is 177 Å². The lowest BCUT2D eigenvalue weighted by molar-refractivity contribution is -0.870. The predicted octanol–water partition coefficient (Wildman–Crippen LogP) is 11.7. The fourth-order valence-corrected chi connectivity index (χ4v) is 6.90. The summed E-state index contributed by atoms with van der Waals surface area (Å²) in [5.41, 5.74) is 1.75. The molecular formula is C44H79NO8P+. The molecular weight excluding hydrogens is 701 g/mol. The summed E-state index contributed by atoms with van der Waals surface area (Å²) in [5, 5.41) is 0. The first-order chi connectivity index (χ1) is 26.0. The molecule has 0 amide bonds. The van der Waals surface area contributed by atoms with Crippen molar-refractivity contribution in [1.82, 2.24) is 0 Å². The van der Waals surface area contributed by atoms with Crippen LogP contribution in [0.25, 0.3) is 6.08 Å². The zero-order valence-electron chi connectivity index (χ0n) is 34.9. The molecule has 0 aliphatic rings. The molecule has 2 unspecified atom stereocenters. The third-order valence-corrected chi connectivity index (χ3v) is 10.7. The van der Waals surface area contributed by atoms with Gasteiger partial charge in [0.05, 0.1) is 27.7 Å². The van der Waals surface area contributed by atoms with E-state index in [2.05, 4.69) is 13.5 Å². The van der Waals surface area contributed by atoms with Crippen LogP contribution < -0.4 is 0 Å². The van der Waals surface area contributed by atoms with Gasteiger partial charge in [0.15, 0.2) is 5.78 Å². The van der Waals surface area contributed by atoms with Crippen LogP contribution in [0.2, 0.25) is 0 Å². The number of Topliss-reactive ketones (excluding diaryl/α,β-unsaturated/α-hetero) is 1. The second-order valence-electron chi connectivity index (χ2n) is 16.0. The van der Waals surface area contributed by atoms with Gasteiger partial charge in [0.25, 0.3) is 0 Å². The highest BCUT2D eigenvalue weighted by Gasteiger charge is 2.25. The van der Waals surface area contributed by atoms with Crippen LogP contribution in [0.4, 0.5) is 0 Å². The molecule has 0 aromatic heterocycles. The van der Waals surface area contributed by atoms with Crippen molar-refractivity contribution in [2.75, 3.05) is 54.1 Å². The predicted molar refractivity (Wildman–Crippen MR) is 223 cm³/mol. The Morgan fingerprint density at radius 3 is 1.67 bits per heavy atom. The van der Waals surface area contributed by atoms with Crippen molar-refractivity contribution in [3.63, 3.8) is 0 Å². The maximum absolute atomic E-state index is 12.5. The van der Waals surface area contributed by atoms with Crippen molar-refractivity contribution in [3.8, 4) is 0 Å². The molecule has 0 heterocycles. The molecule has 9 nitrogen and oxygen atoms in total. The highest BCUT2D eigenvalue weighted by molar-refractivity contribution is 7.47. The van der Waals surface area contributed by atoms with Crippen LogP contribution >= 0.6 is 7.82 Å². The minimum Gasteiger partial charge on any atom is -0.463 e. The normalized spacial score (nSPS) is 13.4. The quantitative estimate of drug-likeness (QED) is 0.0232. The first kappa shape index (κ1) is 50.1. The van der Waals surface area contributed by atoms with Crippen LogP contribution in [0.15, 0.2) is 30.8 Å². The number of nitrogens with zero attached hydrogens (tertiary/aromatic N) is 1. The largest absolute Gasteiger partial charge is 0.472 e. The number of carbonyl (C=O) groups is 2. The summed E-state index contributed by atoms with van der Waals surface area (Å²) >= 11 is 0. The van der Waals surface area contributed by atoms with Crippen molar-refractivity contribution >= 4 is 25.7 Å². The topological polar surface area (TPSA) is 108 Å². The molecule has 1 aromatic rings. The molecule has 2 atom stereocenters. The molecule has 0 bridgehead atoms. The summed E-state index contributed by atoms with van der Waals surface area (Å²) < 4.78 is 35.0. The summed E-state index contributed by atoms with van der Waals surface area (Å²) in [4.78, 5) is 35.1. The third kappa shape index (κ3) is 30.4. The number of rotatable bonds is 38. The van der Waals surface area contributed by atoms with E-state index in [0.717, 1.165) is 68.9 Å². The Kier molecular flexibility index (Phi) is 29.9. The maximum Gasteiger partial charge on any atom is 0.472 e. The van der Waals surface area contributed by atoms with Gasteiger partial charge in [-0.05, 0) is 24.8 Å². The van der Waals surface area contributed by atoms with Crippen LogP contribution in [-0.2, 0) is 27.9 Å². The Bertz CT molecular complexity index is 1140. The lowest BCUT2D eigenvalue weighted by atomic mass is 10.0. The molecule has 0 aliphatic heterocycles. The summed E-state index contributed by atoms with van der Waals surface area (Å²) in [6, 6.07) is 7.53. The number of ether oxygens (including phenoxy) is 2. The van der Waals surface area contributed by atoms with Crippen molar-refractivity contribution in [3.05, 3.63) is 42.0 Å². The second kappa shape index (κ2) is 32.2. The van der Waals surface area contributed by atoms with E-state index < -0.39 is 13.9 Å². The number of carbonyl (C=O) groups excluding carboxylic acids is 2. The van der Waals surface area contributed by atoms with Crippen LogP contribution in [0.5, 0.6) is 0 Å². The van der Waals surface area contributed by atoms with Crippen molar-refractivity contribution < 1.29 is 42.1 Å². The van der Waals surface area contributed by atoms with Gasteiger partial charge in [0.1, 0.15) is 25.9 Å². The molecule has 0 spiro atoms. The Morgan fingerprint density at radius 1 is 0.685 bits per heavy atom. The van der Waals surface area contributed by atoms with Crippen LogP contribution in [-0.4, -0.2) is 81.3 Å². The highest BCUT2D eigenvalue weighted by Crippen LogP contribution is 2.43. The summed E-state index contributed by atoms with van der Waals surface area (Å²) in [5.74, 6) is -0.147. The van der Waals surface area contributed by atoms with E-state index in [1.54, 1.807) is 6.08 Å². The van der Waals surface area contributed by atoms with E-state index >= 15 is 0 Å². The van der Waals surface area contributed by atoms with E-state index in [9.17, 15) is 19.0 Å². The molecule has 1 N–H and O–H groups in total. The number of hydrogen-bond donors (Lipinski definition) is 1. The van der Waals surface area contributed by atoms with E-state index in [4.69, 9.17) is 18.5 Å². The number of benzene rings is 1. The van der Waals surface area contributed by atoms with Gasteiger partial charge >= 0.3 is 13.8 Å². The first-order valence-corrected chi connectivity index (χ1v) is 22.9. The van der Waals surface area contributed by atoms with Crippen molar-refractivity contribution in [1.29, 1.82) is 0 Å². The fraction of sp³-hybridized carbons (Fsp3) is 0.773. The molecule has 0 saturated carbocycles. The van der Waals surface area contributed by atoms with E-state index in [1.165, 1.54) is 83.5 Å². The average molecular weight is 781 g/mol. The lowest BCUT2D eigenvalue weighted by Gasteiger charge is -2.24. The number of quaternary nitrogens is 1. The van der Waals surface area contributed by atoms with Gasteiger partial charge in [-0.2, -0.15) is 0 Å². The number of ketones is 1. The molecule has 10 heteroatoms. The number of unbranched alkanes of at least 4 members (excludes halogenated alkanes) is 20. The van der Waals surface area contributed by atoms with Gasteiger partial charge in [0, 0.05) is 25.0 Å². The number of hydrogen-bond acceptors (Lipinski definition) is 7. The van der Waals surface area contributed by atoms with Gasteiger partial charge in [-0.15, -0.1) is 0 Å². The first-order valence-electron chi connectivity index (χ1n) is 21.4. The zero-order valence-corrected chi connectivity index (χ0v) is 35.8. The smallest absolute Gasteiger partial charge is 0.463 e. The van der Waals surface area contributed by atoms with E-state index in [1.807, 2.05) is 45.4 Å². The zero-order chi connectivity index (χ0) is 39.8.